The Hall–Kier alpha value is -2.84. The van der Waals surface area contributed by atoms with E-state index in [-0.39, 0.29) is 6.10 Å². The van der Waals surface area contributed by atoms with Gasteiger partial charge in [-0.05, 0) is 36.6 Å². The minimum atomic E-state index is 0.102. The second kappa shape index (κ2) is 10.9. The molecule has 0 aliphatic rings. The van der Waals surface area contributed by atoms with E-state index in [1.165, 1.54) is 5.56 Å². The molecule has 0 bridgehead atoms. The number of ether oxygens (including phenoxy) is 1. The Labute approximate surface area is 155 Å². The highest BCUT2D eigenvalue weighted by Gasteiger charge is 2.04. The fraction of sp³-hybridized carbons (Fsp3) is 0.333. The molecule has 5 nitrogen and oxygen atoms in total. The zero-order valence-electron chi connectivity index (χ0n) is 15.4. The number of aliphatic imine (C=N–C) groups is 1. The molecule has 1 unspecified atom stereocenters. The van der Waals surface area contributed by atoms with Gasteiger partial charge in [0.1, 0.15) is 0 Å². The van der Waals surface area contributed by atoms with Gasteiger partial charge in [-0.25, -0.2) is 0 Å². The number of nitrogens with one attached hydrogen (secondary N) is 2. The van der Waals surface area contributed by atoms with E-state index in [0.717, 1.165) is 24.5 Å². The lowest BCUT2D eigenvalue weighted by Crippen LogP contribution is -2.37. The van der Waals surface area contributed by atoms with Crippen molar-refractivity contribution in [1.82, 2.24) is 10.6 Å². The molecule has 0 fully saturated rings. The smallest absolute Gasteiger partial charge is 0.191 e. The molecule has 0 aliphatic heterocycles. The van der Waals surface area contributed by atoms with Crippen LogP contribution < -0.4 is 10.6 Å². The SMILES string of the molecule is CN=C(NCCCOC(C)c1ccccc1)NCc1ccc(C#N)cc1. The molecule has 5 heteroatoms. The second-order valence-electron chi connectivity index (χ2n) is 5.94. The van der Waals surface area contributed by atoms with Gasteiger partial charge in [0.2, 0.25) is 0 Å². The van der Waals surface area contributed by atoms with Crippen LogP contribution in [0.1, 0.15) is 36.1 Å². The molecular weight excluding hydrogens is 324 g/mol. The maximum absolute atomic E-state index is 8.82. The third-order valence-electron chi connectivity index (χ3n) is 4.02. The number of nitrogens with zero attached hydrogens (tertiary/aromatic N) is 2. The summed E-state index contributed by atoms with van der Waals surface area (Å²) in [6.45, 7) is 4.21. The molecule has 0 saturated carbocycles. The van der Waals surface area contributed by atoms with E-state index in [0.29, 0.717) is 18.7 Å². The third-order valence-corrected chi connectivity index (χ3v) is 4.02. The molecule has 136 valence electrons. The monoisotopic (exact) mass is 350 g/mol. The van der Waals surface area contributed by atoms with Crippen LogP contribution in [0.4, 0.5) is 0 Å². The first kappa shape index (κ1) is 19.5. The molecule has 2 N–H and O–H groups in total. The second-order valence-corrected chi connectivity index (χ2v) is 5.94. The highest BCUT2D eigenvalue weighted by molar-refractivity contribution is 5.79. The van der Waals surface area contributed by atoms with Gasteiger partial charge in [0.15, 0.2) is 5.96 Å². The van der Waals surface area contributed by atoms with E-state index < -0.39 is 0 Å². The highest BCUT2D eigenvalue weighted by atomic mass is 16.5. The van der Waals surface area contributed by atoms with Gasteiger partial charge in [0.25, 0.3) is 0 Å². The largest absolute Gasteiger partial charge is 0.374 e. The van der Waals surface area contributed by atoms with Crippen molar-refractivity contribution in [3.63, 3.8) is 0 Å². The van der Waals surface area contributed by atoms with Crippen LogP contribution in [-0.2, 0) is 11.3 Å². The molecule has 0 saturated heterocycles. The van der Waals surface area contributed by atoms with Crippen LogP contribution in [0.15, 0.2) is 59.6 Å². The van der Waals surface area contributed by atoms with Gasteiger partial charge in [0.05, 0.1) is 17.7 Å². The van der Waals surface area contributed by atoms with Crippen LogP contribution in [0.5, 0.6) is 0 Å². The van der Waals surface area contributed by atoms with Crippen molar-refractivity contribution in [2.75, 3.05) is 20.2 Å². The molecule has 2 aromatic rings. The molecule has 2 aromatic carbocycles. The maximum Gasteiger partial charge on any atom is 0.191 e. The van der Waals surface area contributed by atoms with E-state index in [4.69, 9.17) is 10.00 Å². The molecule has 1 atom stereocenters. The van der Waals surface area contributed by atoms with Crippen LogP contribution in [0.3, 0.4) is 0 Å². The first-order chi connectivity index (χ1) is 12.7. The van der Waals surface area contributed by atoms with Crippen molar-refractivity contribution in [1.29, 1.82) is 5.26 Å². The van der Waals surface area contributed by atoms with E-state index in [9.17, 15) is 0 Å². The van der Waals surface area contributed by atoms with E-state index in [1.807, 2.05) is 42.5 Å². The molecule has 0 aromatic heterocycles. The summed E-state index contributed by atoms with van der Waals surface area (Å²) in [6, 6.07) is 19.9. The number of nitriles is 1. The van der Waals surface area contributed by atoms with Crippen LogP contribution in [-0.4, -0.2) is 26.2 Å². The molecule has 0 radical (unpaired) electrons. The first-order valence-electron chi connectivity index (χ1n) is 8.83. The molecule has 0 aliphatic carbocycles. The lowest BCUT2D eigenvalue weighted by atomic mass is 10.1. The van der Waals surface area contributed by atoms with Crippen LogP contribution in [0.2, 0.25) is 0 Å². The van der Waals surface area contributed by atoms with Crippen molar-refractivity contribution in [2.24, 2.45) is 4.99 Å². The first-order valence-corrected chi connectivity index (χ1v) is 8.83. The van der Waals surface area contributed by atoms with Gasteiger partial charge in [-0.3, -0.25) is 4.99 Å². The van der Waals surface area contributed by atoms with Gasteiger partial charge < -0.3 is 15.4 Å². The zero-order valence-corrected chi connectivity index (χ0v) is 15.4. The lowest BCUT2D eigenvalue weighted by Gasteiger charge is -2.15. The summed E-state index contributed by atoms with van der Waals surface area (Å²) < 4.78 is 5.87. The predicted octanol–water partition coefficient (Wildman–Crippen LogP) is 3.39. The summed E-state index contributed by atoms with van der Waals surface area (Å²) in [5.74, 6) is 0.755. The molecular formula is C21H26N4O. The molecule has 0 amide bonds. The highest BCUT2D eigenvalue weighted by Crippen LogP contribution is 2.15. The van der Waals surface area contributed by atoms with Crippen LogP contribution in [0.25, 0.3) is 0 Å². The summed E-state index contributed by atoms with van der Waals surface area (Å²) in [6.07, 6.45) is 0.999. The molecule has 0 heterocycles. The lowest BCUT2D eigenvalue weighted by molar-refractivity contribution is 0.0646. The van der Waals surface area contributed by atoms with E-state index in [2.05, 4.69) is 40.8 Å². The number of benzene rings is 2. The topological polar surface area (TPSA) is 69.4 Å². The number of rotatable bonds is 8. The van der Waals surface area contributed by atoms with Crippen molar-refractivity contribution in [2.45, 2.75) is 26.0 Å². The summed E-state index contributed by atoms with van der Waals surface area (Å²) >= 11 is 0. The van der Waals surface area contributed by atoms with E-state index in [1.54, 1.807) is 7.05 Å². The van der Waals surface area contributed by atoms with Crippen LogP contribution in [0, 0.1) is 11.3 Å². The van der Waals surface area contributed by atoms with Crippen LogP contribution >= 0.6 is 0 Å². The summed E-state index contributed by atoms with van der Waals surface area (Å²) in [4.78, 5) is 4.22. The fourth-order valence-electron chi connectivity index (χ4n) is 2.46. The Bertz CT molecular complexity index is 720. The standard InChI is InChI=1S/C21H26N4O/c1-17(20-7-4-3-5-8-20)26-14-6-13-24-21(23-2)25-16-19-11-9-18(15-22)10-12-19/h3-5,7-12,17H,6,13-14,16H2,1-2H3,(H2,23,24,25). The Morgan fingerprint density at radius 2 is 1.85 bits per heavy atom. The Balaban J connectivity index is 1.63. The Kier molecular flexibility index (Phi) is 8.17. The van der Waals surface area contributed by atoms with Gasteiger partial charge >= 0.3 is 0 Å². The minimum absolute atomic E-state index is 0.102. The predicted molar refractivity (Wildman–Crippen MR) is 105 cm³/mol. The van der Waals surface area contributed by atoms with Crippen molar-refractivity contribution >= 4 is 5.96 Å². The Morgan fingerprint density at radius 1 is 1.12 bits per heavy atom. The quantitative estimate of drug-likeness (QED) is 0.435. The fourth-order valence-corrected chi connectivity index (χ4v) is 2.46. The average Bonchev–Trinajstić information content (AvgIpc) is 2.71. The number of guanidine groups is 1. The van der Waals surface area contributed by atoms with E-state index >= 15 is 0 Å². The molecule has 0 spiro atoms. The van der Waals surface area contributed by atoms with Crippen molar-refractivity contribution < 1.29 is 4.74 Å². The van der Waals surface area contributed by atoms with Gasteiger partial charge in [0, 0.05) is 26.7 Å². The summed E-state index contributed by atoms with van der Waals surface area (Å²) in [7, 11) is 1.75. The maximum atomic E-state index is 8.82. The summed E-state index contributed by atoms with van der Waals surface area (Å²) in [5.41, 5.74) is 2.97. The van der Waals surface area contributed by atoms with Crippen molar-refractivity contribution in [3.05, 3.63) is 71.3 Å². The Morgan fingerprint density at radius 3 is 2.50 bits per heavy atom. The zero-order chi connectivity index (χ0) is 18.6. The molecule has 26 heavy (non-hydrogen) atoms. The van der Waals surface area contributed by atoms with Gasteiger partial charge in [-0.1, -0.05) is 42.5 Å². The number of hydrogen-bond donors (Lipinski definition) is 2. The minimum Gasteiger partial charge on any atom is -0.374 e. The van der Waals surface area contributed by atoms with Gasteiger partial charge in [-0.15, -0.1) is 0 Å². The van der Waals surface area contributed by atoms with Gasteiger partial charge in [-0.2, -0.15) is 5.26 Å². The average molecular weight is 350 g/mol. The number of hydrogen-bond acceptors (Lipinski definition) is 3. The molecule has 2 rings (SSSR count). The third kappa shape index (κ3) is 6.58. The normalized spacial score (nSPS) is 12.3. The summed E-state index contributed by atoms with van der Waals surface area (Å²) in [5, 5.41) is 15.4. The van der Waals surface area contributed by atoms with Crippen molar-refractivity contribution in [3.8, 4) is 6.07 Å².